The van der Waals surface area contributed by atoms with Gasteiger partial charge in [0.15, 0.2) is 0 Å². The molecule has 2 amide bonds. The van der Waals surface area contributed by atoms with Crippen LogP contribution in [0.25, 0.3) is 0 Å². The molecular formula is C14H20N4OS. The fraction of sp³-hybridized carbons (Fsp3) is 0.429. The number of amides is 2. The van der Waals surface area contributed by atoms with Crippen LogP contribution in [0.15, 0.2) is 29.1 Å². The molecule has 2 heterocycles. The Balaban J connectivity index is 1.84. The van der Waals surface area contributed by atoms with Gasteiger partial charge in [0.1, 0.15) is 5.82 Å². The second-order valence-electron chi connectivity index (χ2n) is 4.77. The summed E-state index contributed by atoms with van der Waals surface area (Å²) < 4.78 is 1.79. The van der Waals surface area contributed by atoms with Crippen LogP contribution in [0.3, 0.4) is 0 Å². The van der Waals surface area contributed by atoms with Crippen molar-refractivity contribution in [3.05, 3.63) is 34.7 Å². The van der Waals surface area contributed by atoms with Crippen molar-refractivity contribution in [3.8, 4) is 0 Å². The van der Waals surface area contributed by atoms with Crippen LogP contribution in [0, 0.1) is 0 Å². The van der Waals surface area contributed by atoms with E-state index in [1.165, 1.54) is 5.56 Å². The van der Waals surface area contributed by atoms with E-state index in [1.54, 1.807) is 28.3 Å². The second kappa shape index (κ2) is 7.09. The number of urea groups is 1. The zero-order chi connectivity index (χ0) is 14.4. The molecule has 0 aliphatic rings. The van der Waals surface area contributed by atoms with E-state index in [1.807, 2.05) is 12.3 Å². The molecule has 108 valence electrons. The van der Waals surface area contributed by atoms with Crippen molar-refractivity contribution >= 4 is 23.2 Å². The molecule has 0 bridgehead atoms. The van der Waals surface area contributed by atoms with Crippen LogP contribution in [-0.4, -0.2) is 21.9 Å². The summed E-state index contributed by atoms with van der Waals surface area (Å²) in [7, 11) is 0. The van der Waals surface area contributed by atoms with Crippen molar-refractivity contribution in [3.63, 3.8) is 0 Å². The molecule has 0 aliphatic carbocycles. The lowest BCUT2D eigenvalue weighted by Gasteiger charge is -2.14. The highest BCUT2D eigenvalue weighted by molar-refractivity contribution is 7.07. The zero-order valence-electron chi connectivity index (χ0n) is 11.8. The summed E-state index contributed by atoms with van der Waals surface area (Å²) in [6, 6.07) is 3.79. The molecule has 0 radical (unpaired) electrons. The highest BCUT2D eigenvalue weighted by Crippen LogP contribution is 2.09. The standard InChI is InChI=1S/C14H20N4OS/c1-3-7-18-13(4-6-15-18)17-14(19)16-11(2)9-12-5-8-20-10-12/h4-6,8,10-11H,3,7,9H2,1-2H3,(H2,16,17,19). The number of hydrogen-bond donors (Lipinski definition) is 2. The largest absolute Gasteiger partial charge is 0.335 e. The lowest BCUT2D eigenvalue weighted by atomic mass is 10.1. The van der Waals surface area contributed by atoms with Crippen LogP contribution in [0.5, 0.6) is 0 Å². The number of aryl methyl sites for hydroxylation is 1. The lowest BCUT2D eigenvalue weighted by molar-refractivity contribution is 0.249. The number of carbonyl (C=O) groups excluding carboxylic acids is 1. The number of aromatic nitrogens is 2. The van der Waals surface area contributed by atoms with Crippen LogP contribution >= 0.6 is 11.3 Å². The molecule has 0 saturated carbocycles. The minimum atomic E-state index is -0.189. The van der Waals surface area contributed by atoms with Crippen molar-refractivity contribution in [2.24, 2.45) is 0 Å². The van der Waals surface area contributed by atoms with Gasteiger partial charge in [0.25, 0.3) is 0 Å². The third kappa shape index (κ3) is 4.09. The van der Waals surface area contributed by atoms with Gasteiger partial charge in [-0.05, 0) is 42.2 Å². The Bertz CT molecular complexity index is 535. The maximum Gasteiger partial charge on any atom is 0.320 e. The molecule has 20 heavy (non-hydrogen) atoms. The van der Waals surface area contributed by atoms with Crippen molar-refractivity contribution in [2.75, 3.05) is 5.32 Å². The first kappa shape index (κ1) is 14.6. The normalized spacial score (nSPS) is 12.1. The Hall–Kier alpha value is -1.82. The third-order valence-electron chi connectivity index (χ3n) is 2.89. The number of hydrogen-bond acceptors (Lipinski definition) is 3. The molecule has 2 N–H and O–H groups in total. The van der Waals surface area contributed by atoms with Crippen molar-refractivity contribution in [1.29, 1.82) is 0 Å². The van der Waals surface area contributed by atoms with E-state index in [0.29, 0.717) is 0 Å². The molecule has 2 aromatic rings. The molecule has 2 aromatic heterocycles. The number of nitrogens with zero attached hydrogens (tertiary/aromatic N) is 2. The molecule has 2 rings (SSSR count). The summed E-state index contributed by atoms with van der Waals surface area (Å²) in [6.45, 7) is 4.88. The maximum absolute atomic E-state index is 11.9. The van der Waals surface area contributed by atoms with Gasteiger partial charge in [-0.2, -0.15) is 16.4 Å². The molecular weight excluding hydrogens is 272 g/mol. The predicted molar refractivity (Wildman–Crippen MR) is 82.2 cm³/mol. The van der Waals surface area contributed by atoms with Crippen LogP contribution in [0.4, 0.5) is 10.6 Å². The first-order valence-corrected chi connectivity index (χ1v) is 7.73. The van der Waals surface area contributed by atoms with Gasteiger partial charge in [-0.1, -0.05) is 6.92 Å². The summed E-state index contributed by atoms with van der Waals surface area (Å²) in [5.74, 6) is 0.729. The first-order chi connectivity index (χ1) is 9.69. The number of anilines is 1. The van der Waals surface area contributed by atoms with Gasteiger partial charge in [0.05, 0.1) is 6.20 Å². The molecule has 0 aromatic carbocycles. The monoisotopic (exact) mass is 292 g/mol. The Kier molecular flexibility index (Phi) is 5.17. The number of carbonyl (C=O) groups is 1. The average molecular weight is 292 g/mol. The Morgan fingerprint density at radius 1 is 1.50 bits per heavy atom. The summed E-state index contributed by atoms with van der Waals surface area (Å²) >= 11 is 1.67. The average Bonchev–Trinajstić information content (AvgIpc) is 3.02. The van der Waals surface area contributed by atoms with Crippen LogP contribution < -0.4 is 10.6 Å². The molecule has 5 nitrogen and oxygen atoms in total. The van der Waals surface area contributed by atoms with E-state index >= 15 is 0 Å². The summed E-state index contributed by atoms with van der Waals surface area (Å²) in [4.78, 5) is 11.9. The predicted octanol–water partition coefficient (Wildman–Crippen LogP) is 3.11. The maximum atomic E-state index is 11.9. The highest BCUT2D eigenvalue weighted by Gasteiger charge is 2.10. The SMILES string of the molecule is CCCn1nccc1NC(=O)NC(C)Cc1ccsc1. The quantitative estimate of drug-likeness (QED) is 0.859. The molecule has 6 heteroatoms. The van der Waals surface area contributed by atoms with Gasteiger partial charge in [0.2, 0.25) is 0 Å². The molecule has 0 aliphatic heterocycles. The Morgan fingerprint density at radius 2 is 2.35 bits per heavy atom. The molecule has 0 fully saturated rings. The molecule has 0 saturated heterocycles. The summed E-state index contributed by atoms with van der Waals surface area (Å²) in [6.07, 6.45) is 3.51. The van der Waals surface area contributed by atoms with Gasteiger partial charge >= 0.3 is 6.03 Å². The lowest BCUT2D eigenvalue weighted by Crippen LogP contribution is -2.37. The van der Waals surface area contributed by atoms with Crippen LogP contribution in [0.2, 0.25) is 0 Å². The first-order valence-electron chi connectivity index (χ1n) is 6.79. The van der Waals surface area contributed by atoms with Crippen molar-refractivity contribution in [1.82, 2.24) is 15.1 Å². The third-order valence-corrected chi connectivity index (χ3v) is 3.63. The number of thiophene rings is 1. The van der Waals surface area contributed by atoms with E-state index in [-0.39, 0.29) is 12.1 Å². The Morgan fingerprint density at radius 3 is 3.05 bits per heavy atom. The molecule has 1 atom stereocenters. The van der Waals surface area contributed by atoms with Crippen LogP contribution in [-0.2, 0) is 13.0 Å². The van der Waals surface area contributed by atoms with Gasteiger partial charge in [-0.15, -0.1) is 0 Å². The smallest absolute Gasteiger partial charge is 0.320 e. The van der Waals surface area contributed by atoms with Gasteiger partial charge < -0.3 is 5.32 Å². The summed E-state index contributed by atoms with van der Waals surface area (Å²) in [5, 5.41) is 14.1. The molecule has 1 unspecified atom stereocenters. The minimum Gasteiger partial charge on any atom is -0.335 e. The van der Waals surface area contributed by atoms with E-state index in [0.717, 1.165) is 25.2 Å². The fourth-order valence-electron chi connectivity index (χ4n) is 2.02. The van der Waals surface area contributed by atoms with E-state index < -0.39 is 0 Å². The second-order valence-corrected chi connectivity index (χ2v) is 5.55. The highest BCUT2D eigenvalue weighted by atomic mass is 32.1. The number of nitrogens with one attached hydrogen (secondary N) is 2. The zero-order valence-corrected chi connectivity index (χ0v) is 12.6. The molecule has 0 spiro atoms. The van der Waals surface area contributed by atoms with Crippen LogP contribution in [0.1, 0.15) is 25.8 Å². The van der Waals surface area contributed by atoms with Gasteiger partial charge in [-0.3, -0.25) is 5.32 Å². The van der Waals surface area contributed by atoms with E-state index in [2.05, 4.69) is 34.1 Å². The van der Waals surface area contributed by atoms with Gasteiger partial charge in [0, 0.05) is 18.7 Å². The summed E-state index contributed by atoms with van der Waals surface area (Å²) in [5.41, 5.74) is 1.25. The van der Waals surface area contributed by atoms with Crippen molar-refractivity contribution < 1.29 is 4.79 Å². The minimum absolute atomic E-state index is 0.0900. The van der Waals surface area contributed by atoms with E-state index in [9.17, 15) is 4.79 Å². The van der Waals surface area contributed by atoms with E-state index in [4.69, 9.17) is 0 Å². The fourth-order valence-corrected chi connectivity index (χ4v) is 2.70. The van der Waals surface area contributed by atoms with Gasteiger partial charge in [-0.25, -0.2) is 9.48 Å². The topological polar surface area (TPSA) is 59.0 Å². The van der Waals surface area contributed by atoms with Crippen molar-refractivity contribution in [2.45, 2.75) is 39.3 Å². The number of rotatable bonds is 6. The Labute approximate surface area is 123 Å².